The normalized spacial score (nSPS) is 28.2. The minimum Gasteiger partial charge on any atom is -0.497 e. The third-order valence-corrected chi connectivity index (χ3v) is 7.32. The molecule has 0 aliphatic carbocycles. The van der Waals surface area contributed by atoms with E-state index in [2.05, 4.69) is 12.1 Å². The van der Waals surface area contributed by atoms with Crippen molar-refractivity contribution in [1.29, 1.82) is 0 Å². The fourth-order valence-corrected chi connectivity index (χ4v) is 5.73. The molecule has 4 atom stereocenters. The smallest absolute Gasteiger partial charge is 0.282 e. The summed E-state index contributed by atoms with van der Waals surface area (Å²) < 4.78 is 17.7. The summed E-state index contributed by atoms with van der Waals surface area (Å²) in [6, 6.07) is 17.7. The van der Waals surface area contributed by atoms with Crippen molar-refractivity contribution in [2.24, 2.45) is 0 Å². The molecule has 2 aliphatic rings. The van der Waals surface area contributed by atoms with E-state index in [1.54, 1.807) is 14.2 Å². The first-order valence-corrected chi connectivity index (χ1v) is 12.0. The van der Waals surface area contributed by atoms with Gasteiger partial charge in [-0.1, -0.05) is 54.2 Å². The number of nitrogens with zero attached hydrogens (tertiary/aromatic N) is 1. The van der Waals surface area contributed by atoms with Crippen molar-refractivity contribution in [3.05, 3.63) is 65.7 Å². The first kappa shape index (κ1) is 23.1. The lowest BCUT2D eigenvalue weighted by Crippen LogP contribution is -2.60. The van der Waals surface area contributed by atoms with Gasteiger partial charge < -0.3 is 24.2 Å². The second kappa shape index (κ2) is 10.3. The van der Waals surface area contributed by atoms with Crippen LogP contribution in [-0.2, 0) is 22.4 Å². The van der Waals surface area contributed by atoms with Crippen LogP contribution in [0.5, 0.6) is 5.75 Å². The van der Waals surface area contributed by atoms with Gasteiger partial charge in [-0.3, -0.25) is 4.79 Å². The van der Waals surface area contributed by atoms with Gasteiger partial charge in [0.2, 0.25) is 0 Å². The molecule has 0 aromatic heterocycles. The van der Waals surface area contributed by atoms with Crippen LogP contribution in [0.25, 0.3) is 0 Å². The molecular weight excluding hydrogens is 426 g/mol. The van der Waals surface area contributed by atoms with Crippen LogP contribution in [0.1, 0.15) is 30.4 Å². The Hall–Kier alpha value is -2.06. The highest BCUT2D eigenvalue weighted by atomic mass is 32.2. The molecule has 0 saturated carbocycles. The van der Waals surface area contributed by atoms with Crippen LogP contribution in [0.15, 0.2) is 54.6 Å². The maximum atomic E-state index is 12.8. The first-order chi connectivity index (χ1) is 15.5. The molecule has 32 heavy (non-hydrogen) atoms. The zero-order valence-electron chi connectivity index (χ0n) is 18.6. The van der Waals surface area contributed by atoms with E-state index in [0.717, 1.165) is 24.2 Å². The maximum absolute atomic E-state index is 12.8. The summed E-state index contributed by atoms with van der Waals surface area (Å²) in [7, 11) is 3.25. The molecular formula is C25H31NO5S. The Kier molecular flexibility index (Phi) is 7.40. The number of carbonyl (C=O) groups excluding carboxylic acids is 1. The fraction of sp³-hybridized carbons (Fsp3) is 0.480. The third-order valence-electron chi connectivity index (χ3n) is 6.36. The van der Waals surface area contributed by atoms with Gasteiger partial charge in [0.05, 0.1) is 25.4 Å². The summed E-state index contributed by atoms with van der Waals surface area (Å²) in [5.41, 5.74) is 2.25. The molecule has 7 heteroatoms. The number of amides is 1. The van der Waals surface area contributed by atoms with E-state index in [-0.39, 0.29) is 17.4 Å². The first-order valence-electron chi connectivity index (χ1n) is 11.0. The van der Waals surface area contributed by atoms with E-state index < -0.39 is 11.9 Å². The van der Waals surface area contributed by atoms with Gasteiger partial charge in [-0.15, -0.1) is 0 Å². The highest BCUT2D eigenvalue weighted by molar-refractivity contribution is 8.13. The molecule has 2 aromatic rings. The molecule has 0 radical (unpaired) electrons. The number of hydrogen-bond donors (Lipinski definition) is 1. The van der Waals surface area contributed by atoms with Crippen LogP contribution in [0, 0.1) is 0 Å². The molecule has 2 fully saturated rings. The van der Waals surface area contributed by atoms with Gasteiger partial charge >= 0.3 is 0 Å². The van der Waals surface area contributed by atoms with E-state index in [4.69, 9.17) is 14.2 Å². The average molecular weight is 458 g/mol. The van der Waals surface area contributed by atoms with E-state index in [9.17, 15) is 9.90 Å². The third kappa shape index (κ3) is 5.12. The number of hydrogen-bond acceptors (Lipinski definition) is 6. The van der Waals surface area contributed by atoms with Gasteiger partial charge in [0.1, 0.15) is 5.75 Å². The van der Waals surface area contributed by atoms with Crippen molar-refractivity contribution < 1.29 is 24.1 Å². The van der Waals surface area contributed by atoms with Crippen LogP contribution < -0.4 is 4.74 Å². The Morgan fingerprint density at radius 3 is 2.56 bits per heavy atom. The Labute approximate surface area is 193 Å². The lowest BCUT2D eigenvalue weighted by atomic mass is 9.90. The predicted octanol–water partition coefficient (Wildman–Crippen LogP) is 4.25. The van der Waals surface area contributed by atoms with Crippen LogP contribution in [0.4, 0.5) is 4.79 Å². The molecule has 2 saturated heterocycles. The Bertz CT molecular complexity index is 893. The Morgan fingerprint density at radius 1 is 1.12 bits per heavy atom. The maximum Gasteiger partial charge on any atom is 0.282 e. The number of methoxy groups -OCH3 is 2. The van der Waals surface area contributed by atoms with Crippen molar-refractivity contribution in [2.45, 2.75) is 56.3 Å². The summed E-state index contributed by atoms with van der Waals surface area (Å²) in [6.07, 6.45) is 1.91. The van der Waals surface area contributed by atoms with Gasteiger partial charge in [-0.25, -0.2) is 0 Å². The highest BCUT2D eigenvalue weighted by Crippen LogP contribution is 2.42. The lowest BCUT2D eigenvalue weighted by Gasteiger charge is -2.47. The predicted molar refractivity (Wildman–Crippen MR) is 125 cm³/mol. The second-order valence-corrected chi connectivity index (χ2v) is 9.41. The molecule has 2 aliphatic heterocycles. The molecule has 6 nitrogen and oxygen atoms in total. The number of aliphatic hydroxyl groups is 1. The molecule has 4 rings (SSSR count). The number of aryl methyl sites for hydroxylation is 1. The molecule has 0 bridgehead atoms. The van der Waals surface area contributed by atoms with E-state index >= 15 is 0 Å². The molecule has 0 unspecified atom stereocenters. The number of ether oxygens (including phenoxy) is 3. The van der Waals surface area contributed by atoms with Crippen molar-refractivity contribution >= 4 is 17.0 Å². The van der Waals surface area contributed by atoms with Gasteiger partial charge in [-0.05, 0) is 42.5 Å². The highest BCUT2D eigenvalue weighted by Gasteiger charge is 2.53. The van der Waals surface area contributed by atoms with Gasteiger partial charge in [0.25, 0.3) is 5.24 Å². The summed E-state index contributed by atoms with van der Waals surface area (Å²) in [4.78, 5) is 14.6. The van der Waals surface area contributed by atoms with Crippen LogP contribution in [0.2, 0.25) is 0 Å². The average Bonchev–Trinajstić information content (AvgIpc) is 3.19. The van der Waals surface area contributed by atoms with Gasteiger partial charge in [-0.2, -0.15) is 0 Å². The monoisotopic (exact) mass is 457 g/mol. The number of thioether (sulfide) groups is 1. The van der Waals surface area contributed by atoms with Gasteiger partial charge in [0.15, 0.2) is 5.79 Å². The molecule has 1 amide bonds. The number of rotatable bonds is 8. The summed E-state index contributed by atoms with van der Waals surface area (Å²) in [5.74, 6) is 0.326. The number of benzene rings is 2. The zero-order valence-corrected chi connectivity index (χ0v) is 19.4. The van der Waals surface area contributed by atoms with Crippen LogP contribution in [0.3, 0.4) is 0 Å². The Morgan fingerprint density at radius 2 is 1.88 bits per heavy atom. The topological polar surface area (TPSA) is 68.2 Å². The summed E-state index contributed by atoms with van der Waals surface area (Å²) in [5, 5.41) is 10.7. The second-order valence-electron chi connectivity index (χ2n) is 8.44. The summed E-state index contributed by atoms with van der Waals surface area (Å²) in [6.45, 7) is 0.458. The van der Waals surface area contributed by atoms with Crippen LogP contribution >= 0.6 is 11.8 Å². The van der Waals surface area contributed by atoms with E-state index in [0.29, 0.717) is 25.1 Å². The van der Waals surface area contributed by atoms with Gasteiger partial charge in [0, 0.05) is 25.8 Å². The Balaban J connectivity index is 1.50. The number of carbonyl (C=O) groups is 1. The van der Waals surface area contributed by atoms with Crippen molar-refractivity contribution in [3.63, 3.8) is 0 Å². The fourth-order valence-electron chi connectivity index (χ4n) is 4.64. The SMILES string of the molecule is COc1ccc(CN2C(=O)SC[C@H]2[C@@]2(OC)C[C@H](O)C[C@@H](CCc3ccccc3)O2)cc1. The molecule has 172 valence electrons. The molecule has 0 spiro atoms. The molecule has 2 heterocycles. The quantitative estimate of drug-likeness (QED) is 0.639. The van der Waals surface area contributed by atoms with E-state index in [1.165, 1.54) is 17.3 Å². The van der Waals surface area contributed by atoms with Crippen molar-refractivity contribution in [1.82, 2.24) is 4.90 Å². The molecule has 2 aromatic carbocycles. The van der Waals surface area contributed by atoms with E-state index in [1.807, 2.05) is 47.4 Å². The van der Waals surface area contributed by atoms with Crippen molar-refractivity contribution in [2.75, 3.05) is 20.0 Å². The standard InChI is InChI=1S/C25H31NO5S/c1-29-21-11-9-19(10-12-21)16-26-23(17-32-24(26)28)25(30-2)15-20(27)14-22(31-25)13-8-18-6-4-3-5-7-18/h3-7,9-12,20,22-23,27H,8,13-17H2,1-2H3/t20-,22-,23+,25-/m1/s1. The summed E-state index contributed by atoms with van der Waals surface area (Å²) >= 11 is 1.28. The minimum absolute atomic E-state index is 0.00624. The van der Waals surface area contributed by atoms with Crippen LogP contribution in [-0.4, -0.2) is 59.3 Å². The minimum atomic E-state index is -1.02. The molecule has 1 N–H and O–H groups in total. The van der Waals surface area contributed by atoms with Crippen molar-refractivity contribution in [3.8, 4) is 5.75 Å². The largest absolute Gasteiger partial charge is 0.497 e. The lowest BCUT2D eigenvalue weighted by molar-refractivity contribution is -0.304. The number of aliphatic hydroxyl groups excluding tert-OH is 1. The zero-order chi connectivity index (χ0) is 22.6.